The van der Waals surface area contributed by atoms with Crippen molar-refractivity contribution in [2.24, 2.45) is 0 Å². The molecule has 125 heavy (non-hydrogen) atoms. The topological polar surface area (TPSA) is 345 Å². The molecule has 9 aromatic rings. The molecule has 0 saturated carbocycles. The van der Waals surface area contributed by atoms with Gasteiger partial charge in [0, 0.05) is 77.8 Å². The van der Waals surface area contributed by atoms with Crippen molar-refractivity contribution in [2.75, 3.05) is 68.7 Å². The second kappa shape index (κ2) is 45.5. The number of fused-ring (bicyclic) bond motifs is 3. The van der Waals surface area contributed by atoms with Crippen molar-refractivity contribution in [3.8, 4) is 17.2 Å². The maximum absolute atomic E-state index is 16.9. The van der Waals surface area contributed by atoms with Crippen molar-refractivity contribution in [2.45, 2.75) is 147 Å². The van der Waals surface area contributed by atoms with Crippen molar-refractivity contribution < 1.29 is 135 Å². The number of ether oxygens (including phenoxy) is 7. The number of methoxy groups -OCH3 is 3. The fourth-order valence-electron chi connectivity index (χ4n) is 12.0. The molecular weight excluding hydrogens is 2070 g/mol. The van der Waals surface area contributed by atoms with Gasteiger partial charge in [-0.2, -0.15) is 44.7 Å². The number of alkyl halides is 13. The number of nitrogens with one attached hydrogen (secondary N) is 1. The van der Waals surface area contributed by atoms with Gasteiger partial charge in [0.05, 0.1) is 67.9 Å². The molecule has 685 valence electrons. The van der Waals surface area contributed by atoms with E-state index >= 15 is 13.2 Å². The van der Waals surface area contributed by atoms with Gasteiger partial charge in [0.25, 0.3) is 17.7 Å². The number of hydrogen-bond donors (Lipinski definition) is 4. The first-order valence-corrected chi connectivity index (χ1v) is 53.6. The van der Waals surface area contributed by atoms with Crippen LogP contribution in [0.15, 0.2) is 109 Å². The van der Waals surface area contributed by atoms with Crippen LogP contribution in [0, 0.1) is 0 Å². The minimum absolute atomic E-state index is 0. The van der Waals surface area contributed by atoms with Crippen LogP contribution in [0.2, 0.25) is 66.4 Å². The average Bonchev–Trinajstić information content (AvgIpc) is 1.58. The third kappa shape index (κ3) is 26.5. The van der Waals surface area contributed by atoms with Crippen LogP contribution in [0.4, 0.5) is 74.5 Å². The van der Waals surface area contributed by atoms with Crippen molar-refractivity contribution >= 4 is 143 Å². The van der Waals surface area contributed by atoms with Crippen molar-refractivity contribution in [1.29, 1.82) is 0 Å². The number of rotatable bonds is 29. The molecule has 0 fully saturated rings. The van der Waals surface area contributed by atoms with E-state index in [1.807, 2.05) is 0 Å². The van der Waals surface area contributed by atoms with Gasteiger partial charge in [-0.15, -0.1) is 32.0 Å². The van der Waals surface area contributed by atoms with Gasteiger partial charge in [-0.3, -0.25) is 38.6 Å². The van der Waals surface area contributed by atoms with Gasteiger partial charge in [-0.25, -0.2) is 22.5 Å². The summed E-state index contributed by atoms with van der Waals surface area (Å²) in [5, 5.41) is 64.3. The third-order valence-electron chi connectivity index (χ3n) is 18.1. The molecule has 6 aromatic carbocycles. The Balaban J connectivity index is 0.000000302. The van der Waals surface area contributed by atoms with Crippen LogP contribution in [0.3, 0.4) is 0 Å². The second-order valence-corrected chi connectivity index (χ2v) is 53.4. The molecule has 4 N–H and O–H groups in total. The average molecular weight is 2160 g/mol. The Morgan fingerprint density at radius 2 is 0.856 bits per heavy atom. The summed E-state index contributed by atoms with van der Waals surface area (Å²) in [6.07, 6.45) is -18.0. The Kier molecular flexibility index (Phi) is 39.3. The quantitative estimate of drug-likeness (QED) is 0.00643. The van der Waals surface area contributed by atoms with Crippen LogP contribution < -0.4 is 28.9 Å². The number of carbonyl (C=O) groups excluding carboxylic acids is 3. The molecule has 5 unspecified atom stereocenters. The number of anilines is 3. The van der Waals surface area contributed by atoms with Gasteiger partial charge in [0.2, 0.25) is 17.0 Å². The zero-order chi connectivity index (χ0) is 90.4. The summed E-state index contributed by atoms with van der Waals surface area (Å²) in [7, 11) is 2.00. The van der Waals surface area contributed by atoms with E-state index in [1.54, 1.807) is 0 Å². The standard InChI is InChI=1S/C26H30ClF4N5O5Si.C20H16ClF4N5O4.C17H11Cl2F4NO2.C9H18N4O3Si.2CH4.FH.2HI.V/c1-39-21-8-6-17(27)12-19(21)25(28)18-7-5-16(26(29,30)31)11-20(18)35(24(25)38)14-41-23(37)13-22-32-33-34-36(22)15-40-9-10-42(2,3)4;1-33-15-5-3-11(21)7-13(15)19(22)12-4-2-10(20(23,24)25)6-14(12)30(18(19)32)9-34-17(31)8-16-26-28-29-27-16;1-26-14-5-3-10(19)7-12(14)16(20)11-4-2-9(17(21,22)23)6-13(11)24(8-18)15(16)25;1-17(2,3)5-4-16-7-13-8(6-9(14)15)10-11-12-13;;;;;;/h5-8,11-12,23,37H,9-10,13-15H2,1-4H3;2-7,17,31H,8-9H2,1H3,(H,26,27,28,29);2-7H,8H2,1H3;4-7H2,1-3H3,(H,14,15);2*1H4;3*1H;/q;;;;;;;;;+2/p-2. The molecule has 3 aliphatic heterocycles. The molecule has 29 nitrogen and oxygen atoms in total. The number of aliphatic hydroxyl groups is 2. The molecule has 3 aromatic heterocycles. The number of H-pyrrole nitrogens is 1. The van der Waals surface area contributed by atoms with E-state index in [4.69, 9.17) is 84.7 Å². The van der Waals surface area contributed by atoms with Gasteiger partial charge in [-0.1, -0.05) is 112 Å². The van der Waals surface area contributed by atoms with Crippen LogP contribution in [0.5, 0.6) is 17.2 Å². The zero-order valence-corrected chi connectivity index (χ0v) is 76.5. The number of aliphatic carboxylic acids is 1. The van der Waals surface area contributed by atoms with Gasteiger partial charge in [0.15, 0.2) is 30.1 Å². The van der Waals surface area contributed by atoms with E-state index in [0.717, 1.165) is 47.3 Å². The molecule has 12 rings (SSSR count). The summed E-state index contributed by atoms with van der Waals surface area (Å²) in [6, 6.07) is 20.1. The van der Waals surface area contributed by atoms with E-state index < -0.39 is 124 Å². The van der Waals surface area contributed by atoms with E-state index in [1.165, 1.54) is 79.2 Å². The van der Waals surface area contributed by atoms with Crippen molar-refractivity contribution in [3.63, 3.8) is 0 Å². The third-order valence-corrected chi connectivity index (χ3v) is 22.5. The fraction of sp³-hybridized carbons (Fsp3) is 0.419. The molecule has 0 bridgehead atoms. The van der Waals surface area contributed by atoms with Crippen molar-refractivity contribution in [1.82, 2.24) is 61.0 Å². The summed E-state index contributed by atoms with van der Waals surface area (Å²) in [5.74, 6) is -3.99. The van der Waals surface area contributed by atoms with E-state index in [-0.39, 0.29) is 147 Å². The number of amides is 3. The molecule has 6 heterocycles. The van der Waals surface area contributed by atoms with Gasteiger partial charge in [-0.05, 0) is 124 Å². The predicted molar refractivity (Wildman–Crippen MR) is 452 cm³/mol. The molecular formula is C74H84Cl4F13I2N15O14Si2V. The van der Waals surface area contributed by atoms with Gasteiger partial charge >= 0.3 is 73.9 Å². The summed E-state index contributed by atoms with van der Waals surface area (Å²) in [6.45, 7) is 13.3. The number of aliphatic hydroxyl groups excluding tert-OH is 2. The number of carbonyl (C=O) groups is 4. The summed E-state index contributed by atoms with van der Waals surface area (Å²) < 4.78 is 209. The number of halogens is 19. The molecule has 51 heteroatoms. The van der Waals surface area contributed by atoms with E-state index in [2.05, 4.69) is 131 Å². The second-order valence-electron chi connectivity index (χ2n) is 28.8. The number of aromatic amines is 1. The molecule has 0 saturated heterocycles. The number of carboxylic acid groups (broad SMARTS) is 1. The number of benzene rings is 6. The Hall–Kier alpha value is -7.70. The molecule has 5 atom stereocenters. The Labute approximate surface area is 757 Å². The molecule has 0 spiro atoms. The first-order chi connectivity index (χ1) is 57.1. The van der Waals surface area contributed by atoms with Crippen LogP contribution in [0.1, 0.15) is 82.4 Å². The first kappa shape index (κ1) is 108. The summed E-state index contributed by atoms with van der Waals surface area (Å²) in [5.41, 5.74) is -14.6. The molecule has 0 radical (unpaired) electrons. The zero-order valence-electron chi connectivity index (χ0n) is 65.8. The summed E-state index contributed by atoms with van der Waals surface area (Å²) in [4.78, 5) is 52.3. The van der Waals surface area contributed by atoms with E-state index in [9.17, 15) is 68.9 Å². The number of nitrogens with zero attached hydrogens (tertiary/aromatic N) is 14. The fourth-order valence-corrected chi connectivity index (χ4v) is 14.3. The van der Waals surface area contributed by atoms with Crippen LogP contribution in [-0.2, 0) is 116 Å². The molecule has 3 amide bonds. The number of hydrogen-bond acceptors (Lipinski definition) is 22. The number of tetrazole rings is 3. The van der Waals surface area contributed by atoms with E-state index in [0.29, 0.717) is 68.6 Å². The number of carboxylic acids is 1. The minimum atomic E-state index is -4.77. The Morgan fingerprint density at radius 3 is 1.18 bits per heavy atom. The monoisotopic (exact) mass is 2150 g/mol. The van der Waals surface area contributed by atoms with Crippen LogP contribution in [-0.4, -0.2) is 183 Å². The summed E-state index contributed by atoms with van der Waals surface area (Å²) >= 11 is 28.5. The number of aromatic nitrogens is 12. The van der Waals surface area contributed by atoms with Gasteiger partial charge in [0.1, 0.15) is 56.6 Å². The Bertz CT molecular complexity index is 5140. The van der Waals surface area contributed by atoms with Gasteiger partial charge < -0.3 is 48.5 Å². The predicted octanol–water partition coefficient (Wildman–Crippen LogP) is 16.7. The Morgan fingerprint density at radius 1 is 0.520 bits per heavy atom. The van der Waals surface area contributed by atoms with Crippen LogP contribution in [0.25, 0.3) is 0 Å². The van der Waals surface area contributed by atoms with Crippen molar-refractivity contribution in [3.05, 3.63) is 192 Å². The first-order valence-electron chi connectivity index (χ1n) is 35.5. The SMILES string of the molecule is C.C.COc1ccc(Cl)cc1C1(F)C(=O)N(CCl)c2cc(C(F)(F)F)ccc21.COc1ccc(Cl)cc1C1(F)C(=O)N(COC(O)Cc2nn[nH]n2)c2cc(C(F)(F)F)ccc21.COc1ccc(Cl)cc1C1(F)C(=O)N(COC(O)Cc2nnnn2COCC[Si](C)(C)C)c2cc(C(F)(F)F)ccc21.C[Si](C)(C)CCOCn1nnnc1CC(=O)O.F.[I][V][I]. The normalized spacial score (nSPS) is 16.9. The molecule has 0 aliphatic carbocycles. The maximum atomic E-state index is 16.9. The molecule has 3 aliphatic rings. The van der Waals surface area contributed by atoms with Crippen LogP contribution >= 0.6 is 86.4 Å².